The number of benzene rings is 2. The van der Waals surface area contributed by atoms with E-state index in [0.29, 0.717) is 21.7 Å². The summed E-state index contributed by atoms with van der Waals surface area (Å²) in [4.78, 5) is 0.114. The van der Waals surface area contributed by atoms with Crippen molar-refractivity contribution < 1.29 is 22.4 Å². The van der Waals surface area contributed by atoms with Gasteiger partial charge in [-0.1, -0.05) is 23.4 Å². The minimum Gasteiger partial charge on any atom is -0.454 e. The van der Waals surface area contributed by atoms with Crippen LogP contribution in [0.2, 0.25) is 0 Å². The molecule has 26 heavy (non-hydrogen) atoms. The summed E-state index contributed by atoms with van der Waals surface area (Å²) in [5, 5.41) is 3.71. The van der Waals surface area contributed by atoms with Crippen LogP contribution in [0.1, 0.15) is 5.69 Å². The molecule has 0 spiro atoms. The van der Waals surface area contributed by atoms with Crippen LogP contribution in [0.15, 0.2) is 56.4 Å². The molecule has 0 fully saturated rings. The van der Waals surface area contributed by atoms with Crippen molar-refractivity contribution in [3.05, 3.63) is 52.6 Å². The molecule has 1 aliphatic rings. The van der Waals surface area contributed by atoms with Crippen LogP contribution in [0.25, 0.3) is 11.1 Å². The molecule has 0 saturated heterocycles. The van der Waals surface area contributed by atoms with Gasteiger partial charge >= 0.3 is 0 Å². The van der Waals surface area contributed by atoms with Crippen LogP contribution in [-0.4, -0.2) is 20.4 Å². The van der Waals surface area contributed by atoms with Gasteiger partial charge in [0.25, 0.3) is 15.9 Å². The number of hydrogen-bond acceptors (Lipinski definition) is 6. The van der Waals surface area contributed by atoms with Crippen molar-refractivity contribution >= 4 is 31.8 Å². The van der Waals surface area contributed by atoms with Crippen LogP contribution in [0.4, 0.5) is 5.88 Å². The van der Waals surface area contributed by atoms with Crippen molar-refractivity contribution in [1.82, 2.24) is 5.16 Å². The molecule has 0 radical (unpaired) electrons. The third kappa shape index (κ3) is 3.04. The average Bonchev–Trinajstić information content (AvgIpc) is 3.23. The van der Waals surface area contributed by atoms with Crippen molar-refractivity contribution in [3.8, 4) is 22.6 Å². The smallest absolute Gasteiger partial charge is 0.264 e. The summed E-state index contributed by atoms with van der Waals surface area (Å²) < 4.78 is 43.5. The Bertz CT molecular complexity index is 1080. The van der Waals surface area contributed by atoms with Crippen molar-refractivity contribution in [2.75, 3.05) is 11.5 Å². The van der Waals surface area contributed by atoms with Gasteiger partial charge in [0.05, 0.1) is 10.6 Å². The molecule has 3 aromatic rings. The zero-order chi connectivity index (χ0) is 18.3. The molecular formula is C17H13BrN2O5S. The van der Waals surface area contributed by atoms with Crippen molar-refractivity contribution in [2.24, 2.45) is 0 Å². The third-order valence-electron chi connectivity index (χ3n) is 3.89. The summed E-state index contributed by atoms with van der Waals surface area (Å²) >= 11 is 3.24. The predicted molar refractivity (Wildman–Crippen MR) is 97.7 cm³/mol. The second kappa shape index (κ2) is 6.33. The Morgan fingerprint density at radius 1 is 1.04 bits per heavy atom. The van der Waals surface area contributed by atoms with Gasteiger partial charge in [-0.15, -0.1) is 0 Å². The standard InChI is InChI=1S/C17H13BrN2O5S/c1-10-16(18)17(25-19-10)20-26(21,22)13-5-2-11(3-6-13)12-4-7-14-15(8-12)24-9-23-14/h2-8,20H,9H2,1H3. The monoisotopic (exact) mass is 436 g/mol. The lowest BCUT2D eigenvalue weighted by Crippen LogP contribution is -2.12. The first-order chi connectivity index (χ1) is 12.4. The van der Waals surface area contributed by atoms with E-state index in [-0.39, 0.29) is 17.6 Å². The molecule has 0 saturated carbocycles. The van der Waals surface area contributed by atoms with Crippen LogP contribution in [-0.2, 0) is 10.0 Å². The van der Waals surface area contributed by atoms with E-state index in [0.717, 1.165) is 11.1 Å². The Morgan fingerprint density at radius 2 is 1.73 bits per heavy atom. The lowest BCUT2D eigenvalue weighted by atomic mass is 10.1. The average molecular weight is 437 g/mol. The maximum atomic E-state index is 12.5. The summed E-state index contributed by atoms with van der Waals surface area (Å²) in [6.45, 7) is 1.91. The highest BCUT2D eigenvalue weighted by molar-refractivity contribution is 9.10. The summed E-state index contributed by atoms with van der Waals surface area (Å²) in [5.41, 5.74) is 2.32. The molecule has 0 amide bonds. The van der Waals surface area contributed by atoms with Gasteiger partial charge in [-0.3, -0.25) is 0 Å². The van der Waals surface area contributed by atoms with Gasteiger partial charge in [0, 0.05) is 0 Å². The Labute approximate surface area is 158 Å². The molecular weight excluding hydrogens is 424 g/mol. The second-order valence-electron chi connectivity index (χ2n) is 5.61. The molecule has 0 unspecified atom stereocenters. The van der Waals surface area contributed by atoms with Gasteiger partial charge < -0.3 is 14.0 Å². The fourth-order valence-corrected chi connectivity index (χ4v) is 3.88. The topological polar surface area (TPSA) is 90.7 Å². The van der Waals surface area contributed by atoms with E-state index in [1.54, 1.807) is 19.1 Å². The SMILES string of the molecule is Cc1noc(NS(=O)(=O)c2ccc(-c3ccc4c(c3)OCO4)cc2)c1Br. The number of halogens is 1. The molecule has 9 heteroatoms. The summed E-state index contributed by atoms with van der Waals surface area (Å²) in [6.07, 6.45) is 0. The quantitative estimate of drug-likeness (QED) is 0.665. The third-order valence-corrected chi connectivity index (χ3v) is 6.17. The van der Waals surface area contributed by atoms with E-state index >= 15 is 0 Å². The molecule has 1 N–H and O–H groups in total. The number of nitrogens with one attached hydrogen (secondary N) is 1. The molecule has 134 valence electrons. The van der Waals surface area contributed by atoms with Gasteiger partial charge in [0.1, 0.15) is 4.47 Å². The van der Waals surface area contributed by atoms with Gasteiger partial charge in [-0.05, 0) is 58.2 Å². The number of fused-ring (bicyclic) bond motifs is 1. The minimum atomic E-state index is -3.79. The predicted octanol–water partition coefficient (Wildman–Crippen LogP) is 3.94. The number of anilines is 1. The lowest BCUT2D eigenvalue weighted by molar-refractivity contribution is 0.174. The summed E-state index contributed by atoms with van der Waals surface area (Å²) in [5.74, 6) is 1.42. The Morgan fingerprint density at radius 3 is 2.42 bits per heavy atom. The number of hydrogen-bond donors (Lipinski definition) is 1. The van der Waals surface area contributed by atoms with Crippen LogP contribution in [0.5, 0.6) is 11.5 Å². The number of sulfonamides is 1. The highest BCUT2D eigenvalue weighted by Crippen LogP contribution is 2.36. The van der Waals surface area contributed by atoms with Crippen molar-refractivity contribution in [3.63, 3.8) is 0 Å². The van der Waals surface area contributed by atoms with Gasteiger partial charge in [-0.2, -0.15) is 0 Å². The van der Waals surface area contributed by atoms with Gasteiger partial charge in [-0.25, -0.2) is 13.1 Å². The lowest BCUT2D eigenvalue weighted by Gasteiger charge is -2.07. The number of aryl methyl sites for hydroxylation is 1. The maximum Gasteiger partial charge on any atom is 0.264 e. The van der Waals surface area contributed by atoms with E-state index in [1.807, 2.05) is 18.2 Å². The zero-order valence-electron chi connectivity index (χ0n) is 13.5. The van der Waals surface area contributed by atoms with Gasteiger partial charge in [0.15, 0.2) is 11.5 Å². The van der Waals surface area contributed by atoms with Crippen LogP contribution < -0.4 is 14.2 Å². The van der Waals surface area contributed by atoms with Crippen molar-refractivity contribution in [1.29, 1.82) is 0 Å². The second-order valence-corrected chi connectivity index (χ2v) is 8.08. The van der Waals surface area contributed by atoms with Gasteiger partial charge in [0.2, 0.25) is 6.79 Å². The Kier molecular flexibility index (Phi) is 4.12. The molecule has 0 aliphatic carbocycles. The summed E-state index contributed by atoms with van der Waals surface area (Å²) in [6, 6.07) is 12.1. The van der Waals surface area contributed by atoms with Crippen LogP contribution >= 0.6 is 15.9 Å². The van der Waals surface area contributed by atoms with E-state index in [1.165, 1.54) is 12.1 Å². The largest absolute Gasteiger partial charge is 0.454 e. The summed E-state index contributed by atoms with van der Waals surface area (Å²) in [7, 11) is -3.79. The molecule has 2 heterocycles. The van der Waals surface area contributed by atoms with E-state index in [2.05, 4.69) is 25.8 Å². The molecule has 2 aromatic carbocycles. The first kappa shape index (κ1) is 16.9. The maximum absolute atomic E-state index is 12.5. The number of ether oxygens (including phenoxy) is 2. The number of rotatable bonds is 4. The fourth-order valence-electron chi connectivity index (χ4n) is 2.51. The normalized spacial score (nSPS) is 13.0. The molecule has 1 aliphatic heterocycles. The Balaban J connectivity index is 1.60. The molecule has 7 nitrogen and oxygen atoms in total. The van der Waals surface area contributed by atoms with E-state index < -0.39 is 10.0 Å². The van der Waals surface area contributed by atoms with Crippen LogP contribution in [0.3, 0.4) is 0 Å². The highest BCUT2D eigenvalue weighted by atomic mass is 79.9. The molecule has 1 aromatic heterocycles. The zero-order valence-corrected chi connectivity index (χ0v) is 15.9. The first-order valence-electron chi connectivity index (χ1n) is 7.59. The molecule has 0 bridgehead atoms. The Hall–Kier alpha value is -2.52. The van der Waals surface area contributed by atoms with Crippen molar-refractivity contribution in [2.45, 2.75) is 11.8 Å². The molecule has 0 atom stereocenters. The number of aromatic nitrogens is 1. The van der Waals surface area contributed by atoms with E-state index in [4.69, 9.17) is 14.0 Å². The first-order valence-corrected chi connectivity index (χ1v) is 9.86. The number of nitrogens with zero attached hydrogens (tertiary/aromatic N) is 1. The highest BCUT2D eigenvalue weighted by Gasteiger charge is 2.20. The molecule has 4 rings (SSSR count). The fraction of sp³-hybridized carbons (Fsp3) is 0.118. The van der Waals surface area contributed by atoms with Crippen LogP contribution in [0, 0.1) is 6.92 Å². The van der Waals surface area contributed by atoms with E-state index in [9.17, 15) is 8.42 Å². The minimum absolute atomic E-state index is 0.0438.